The predicted molar refractivity (Wildman–Crippen MR) is 135 cm³/mol. The van der Waals surface area contributed by atoms with E-state index in [4.69, 9.17) is 4.74 Å². The molecule has 3 aromatic carbocycles. The standard InChI is InChI=1S/C17H15N3O2S.C9H12O/c21-15-11-14(16(22)18-12-7-3-1-4-8-12)23-17(20-15)19-13-9-5-2-6-10-13;1-3-8-4-6-9(10-2)7-5-8/h1-10,14H,11H2,(H,18,22)(H,19,20,21);4-7H,3H2,1-2H3. The van der Waals surface area contributed by atoms with Crippen LogP contribution in [0.1, 0.15) is 18.9 Å². The summed E-state index contributed by atoms with van der Waals surface area (Å²) in [6, 6.07) is 26.6. The molecule has 3 aromatic rings. The molecule has 1 aliphatic rings. The number of nitrogens with zero attached hydrogens (tertiary/aromatic N) is 1. The zero-order chi connectivity index (χ0) is 23.5. The number of anilines is 1. The number of nitrogens with one attached hydrogen (secondary N) is 2. The Morgan fingerprint density at radius 2 is 1.67 bits per heavy atom. The fourth-order valence-corrected chi connectivity index (χ4v) is 3.97. The number of ether oxygens (including phenoxy) is 1. The molecule has 170 valence electrons. The Balaban J connectivity index is 0.000000257. The lowest BCUT2D eigenvalue weighted by molar-refractivity contribution is -0.123. The number of aryl methyl sites for hydroxylation is 1. The van der Waals surface area contributed by atoms with Crippen molar-refractivity contribution in [1.29, 1.82) is 0 Å². The molecule has 6 nitrogen and oxygen atoms in total. The van der Waals surface area contributed by atoms with Gasteiger partial charge in [0.2, 0.25) is 11.8 Å². The summed E-state index contributed by atoms with van der Waals surface area (Å²) in [7, 11) is 1.68. The van der Waals surface area contributed by atoms with E-state index in [9.17, 15) is 9.59 Å². The first-order valence-corrected chi connectivity index (χ1v) is 11.5. The van der Waals surface area contributed by atoms with Gasteiger partial charge in [0.1, 0.15) is 11.0 Å². The molecule has 33 heavy (non-hydrogen) atoms. The molecule has 0 radical (unpaired) electrons. The van der Waals surface area contributed by atoms with Gasteiger partial charge >= 0.3 is 0 Å². The molecule has 1 fully saturated rings. The second-order valence-electron chi connectivity index (χ2n) is 7.17. The molecular formula is C26H27N3O3S. The van der Waals surface area contributed by atoms with Crippen molar-refractivity contribution in [3.05, 3.63) is 90.5 Å². The smallest absolute Gasteiger partial charge is 0.238 e. The molecule has 1 unspecified atom stereocenters. The zero-order valence-corrected chi connectivity index (χ0v) is 19.5. The molecule has 0 aromatic heterocycles. The second-order valence-corrected chi connectivity index (χ2v) is 8.36. The number of amides is 2. The van der Waals surface area contributed by atoms with Crippen molar-refractivity contribution in [1.82, 2.24) is 5.32 Å². The molecule has 0 bridgehead atoms. The molecule has 0 saturated carbocycles. The quantitative estimate of drug-likeness (QED) is 0.548. The third kappa shape index (κ3) is 7.80. The fourth-order valence-electron chi connectivity index (χ4n) is 2.97. The summed E-state index contributed by atoms with van der Waals surface area (Å²) in [6.07, 6.45) is 1.22. The maximum Gasteiger partial charge on any atom is 0.238 e. The van der Waals surface area contributed by atoms with Gasteiger partial charge in [0.15, 0.2) is 5.17 Å². The minimum absolute atomic E-state index is 0.136. The first-order chi connectivity index (χ1) is 16.1. The van der Waals surface area contributed by atoms with Crippen LogP contribution in [0.5, 0.6) is 5.75 Å². The van der Waals surface area contributed by atoms with E-state index in [-0.39, 0.29) is 18.2 Å². The van der Waals surface area contributed by atoms with Crippen LogP contribution in [-0.4, -0.2) is 29.3 Å². The van der Waals surface area contributed by atoms with Gasteiger partial charge in [-0.3, -0.25) is 9.59 Å². The summed E-state index contributed by atoms with van der Waals surface area (Å²) in [5.41, 5.74) is 2.80. The number of para-hydroxylation sites is 2. The predicted octanol–water partition coefficient (Wildman–Crippen LogP) is 5.19. The number of carbonyl (C=O) groups excluding carboxylic acids is 2. The molecule has 1 heterocycles. The van der Waals surface area contributed by atoms with Crippen LogP contribution in [0.15, 0.2) is 89.9 Å². The summed E-state index contributed by atoms with van der Waals surface area (Å²) >= 11 is 1.26. The van der Waals surface area contributed by atoms with Crippen molar-refractivity contribution >= 4 is 40.1 Å². The molecule has 7 heteroatoms. The normalized spacial score (nSPS) is 16.2. The van der Waals surface area contributed by atoms with Crippen molar-refractivity contribution in [3.8, 4) is 5.75 Å². The Bertz CT molecular complexity index is 1050. The fraction of sp³-hybridized carbons (Fsp3) is 0.192. The van der Waals surface area contributed by atoms with E-state index in [0.29, 0.717) is 10.9 Å². The Kier molecular flexibility index (Phi) is 9.08. The van der Waals surface area contributed by atoms with Crippen LogP contribution in [0.25, 0.3) is 0 Å². The average molecular weight is 462 g/mol. The van der Waals surface area contributed by atoms with Crippen LogP contribution in [0.4, 0.5) is 11.4 Å². The van der Waals surface area contributed by atoms with Gasteiger partial charge in [-0.05, 0) is 48.4 Å². The number of hydrogen-bond donors (Lipinski definition) is 2. The molecule has 0 aliphatic carbocycles. The molecule has 2 N–H and O–H groups in total. The molecule has 1 aliphatic heterocycles. The van der Waals surface area contributed by atoms with E-state index in [1.165, 1.54) is 17.3 Å². The molecular weight excluding hydrogens is 434 g/mol. The number of amidine groups is 1. The highest BCUT2D eigenvalue weighted by Crippen LogP contribution is 2.24. The van der Waals surface area contributed by atoms with E-state index >= 15 is 0 Å². The van der Waals surface area contributed by atoms with Gasteiger partial charge in [-0.2, -0.15) is 0 Å². The Morgan fingerprint density at radius 3 is 2.27 bits per heavy atom. The van der Waals surface area contributed by atoms with Gasteiger partial charge < -0.3 is 15.4 Å². The van der Waals surface area contributed by atoms with Gasteiger partial charge in [-0.15, -0.1) is 0 Å². The summed E-state index contributed by atoms with van der Waals surface area (Å²) in [6.45, 7) is 2.14. The summed E-state index contributed by atoms with van der Waals surface area (Å²) in [4.78, 5) is 28.6. The minimum Gasteiger partial charge on any atom is -0.497 e. The van der Waals surface area contributed by atoms with Gasteiger partial charge in [0.05, 0.1) is 12.8 Å². The van der Waals surface area contributed by atoms with E-state index in [2.05, 4.69) is 34.7 Å². The van der Waals surface area contributed by atoms with E-state index < -0.39 is 5.25 Å². The highest BCUT2D eigenvalue weighted by atomic mass is 32.2. The number of aliphatic imine (C=N–C) groups is 1. The van der Waals surface area contributed by atoms with Gasteiger partial charge in [0, 0.05) is 12.1 Å². The maximum absolute atomic E-state index is 12.3. The topological polar surface area (TPSA) is 79.8 Å². The van der Waals surface area contributed by atoms with E-state index in [1.54, 1.807) is 7.11 Å². The minimum atomic E-state index is -0.494. The summed E-state index contributed by atoms with van der Waals surface area (Å²) in [5, 5.41) is 5.48. The van der Waals surface area contributed by atoms with Crippen LogP contribution < -0.4 is 15.4 Å². The largest absolute Gasteiger partial charge is 0.497 e. The summed E-state index contributed by atoms with van der Waals surface area (Å²) < 4.78 is 5.01. The van der Waals surface area contributed by atoms with Crippen LogP contribution >= 0.6 is 11.8 Å². The number of hydrogen-bond acceptors (Lipinski definition) is 5. The SMILES string of the molecule is CCc1ccc(OC)cc1.O=C1CC(C(=O)Nc2ccccc2)SC(=Nc2ccccc2)N1. The lowest BCUT2D eigenvalue weighted by atomic mass is 10.2. The number of rotatable bonds is 5. The van der Waals surface area contributed by atoms with E-state index in [1.807, 2.05) is 72.8 Å². The first-order valence-electron chi connectivity index (χ1n) is 10.7. The lowest BCUT2D eigenvalue weighted by Gasteiger charge is -2.22. The monoisotopic (exact) mass is 461 g/mol. The second kappa shape index (κ2) is 12.5. The molecule has 2 amide bonds. The number of benzene rings is 3. The van der Waals surface area contributed by atoms with Crippen LogP contribution in [-0.2, 0) is 16.0 Å². The molecule has 0 spiro atoms. The van der Waals surface area contributed by atoms with Crippen molar-refractivity contribution < 1.29 is 14.3 Å². The number of thioether (sulfide) groups is 1. The van der Waals surface area contributed by atoms with Gasteiger partial charge in [-0.1, -0.05) is 67.2 Å². The average Bonchev–Trinajstić information content (AvgIpc) is 2.85. The molecule has 1 atom stereocenters. The third-order valence-corrected chi connectivity index (χ3v) is 5.84. The zero-order valence-electron chi connectivity index (χ0n) is 18.7. The summed E-state index contributed by atoms with van der Waals surface area (Å²) in [5.74, 6) is 0.528. The Hall–Kier alpha value is -3.58. The van der Waals surface area contributed by atoms with Crippen LogP contribution in [0.3, 0.4) is 0 Å². The third-order valence-electron chi connectivity index (χ3n) is 4.76. The first kappa shape index (κ1) is 24.1. The lowest BCUT2D eigenvalue weighted by Crippen LogP contribution is -2.41. The molecule has 1 saturated heterocycles. The number of methoxy groups -OCH3 is 1. The maximum atomic E-state index is 12.3. The highest BCUT2D eigenvalue weighted by molar-refractivity contribution is 8.15. The molecule has 4 rings (SSSR count). The van der Waals surface area contributed by atoms with Crippen molar-refractivity contribution in [2.75, 3.05) is 12.4 Å². The van der Waals surface area contributed by atoms with Crippen molar-refractivity contribution in [2.45, 2.75) is 25.0 Å². The van der Waals surface area contributed by atoms with Crippen LogP contribution in [0, 0.1) is 0 Å². The Morgan fingerprint density at radius 1 is 1.03 bits per heavy atom. The number of carbonyl (C=O) groups is 2. The van der Waals surface area contributed by atoms with Crippen LogP contribution in [0.2, 0.25) is 0 Å². The van der Waals surface area contributed by atoms with Crippen molar-refractivity contribution in [2.24, 2.45) is 4.99 Å². The Labute approximate surface area is 198 Å². The highest BCUT2D eigenvalue weighted by Gasteiger charge is 2.30. The van der Waals surface area contributed by atoms with E-state index in [0.717, 1.165) is 17.9 Å². The van der Waals surface area contributed by atoms with Gasteiger partial charge in [0.25, 0.3) is 0 Å². The van der Waals surface area contributed by atoms with Crippen molar-refractivity contribution in [3.63, 3.8) is 0 Å². The van der Waals surface area contributed by atoms with Gasteiger partial charge in [-0.25, -0.2) is 4.99 Å².